The summed E-state index contributed by atoms with van der Waals surface area (Å²) in [4.78, 5) is 22.2. The van der Waals surface area contributed by atoms with Crippen LogP contribution < -0.4 is 5.32 Å². The molecule has 1 aromatic carbocycles. The smallest absolute Gasteiger partial charge is 0.329 e. The van der Waals surface area contributed by atoms with Crippen molar-refractivity contribution in [2.24, 2.45) is 0 Å². The van der Waals surface area contributed by atoms with Gasteiger partial charge in [-0.05, 0) is 24.3 Å². The molecule has 0 saturated carbocycles. The van der Waals surface area contributed by atoms with Gasteiger partial charge < -0.3 is 15.2 Å². The van der Waals surface area contributed by atoms with Crippen LogP contribution in [0.2, 0.25) is 0 Å². The lowest BCUT2D eigenvalue weighted by molar-refractivity contribution is -0.142. The minimum Gasteiger partial charge on any atom is -0.480 e. The summed E-state index contributed by atoms with van der Waals surface area (Å²) in [5.41, 5.74) is 0.335. The molecule has 0 atom stereocenters. The van der Waals surface area contributed by atoms with Gasteiger partial charge in [0.1, 0.15) is 6.61 Å². The highest BCUT2D eigenvalue weighted by atomic mass is 32.2. The predicted molar refractivity (Wildman–Crippen MR) is 69.1 cm³/mol. The molecule has 5 nitrogen and oxygen atoms in total. The molecule has 2 N–H and O–H groups in total. The molecule has 20 heavy (non-hydrogen) atoms. The van der Waals surface area contributed by atoms with E-state index in [0.717, 1.165) is 0 Å². The van der Waals surface area contributed by atoms with Gasteiger partial charge in [-0.25, -0.2) is 4.79 Å². The first-order chi connectivity index (χ1) is 9.49. The highest BCUT2D eigenvalue weighted by Gasteiger charge is 2.08. The lowest BCUT2D eigenvalue weighted by Crippen LogP contribution is -2.27. The molecule has 0 aromatic heterocycles. The molecule has 0 aliphatic rings. The van der Waals surface area contributed by atoms with Crippen LogP contribution in [0.4, 0.5) is 8.78 Å². The first-order valence-electron chi connectivity index (χ1n) is 5.61. The molecule has 1 amide bonds. The zero-order valence-electron chi connectivity index (χ0n) is 10.3. The Hall–Kier alpha value is -1.67. The molecule has 0 radical (unpaired) electrons. The Labute approximate surface area is 118 Å². The maximum atomic E-state index is 12.1. The molecule has 1 rings (SSSR count). The molecule has 0 aliphatic carbocycles. The summed E-state index contributed by atoms with van der Waals surface area (Å²) in [6.45, 7) is -0.174. The number of hydrogen-bond acceptors (Lipinski definition) is 4. The Morgan fingerprint density at radius 1 is 1.30 bits per heavy atom. The molecule has 0 unspecified atom stereocenters. The topological polar surface area (TPSA) is 75.6 Å². The van der Waals surface area contributed by atoms with E-state index in [1.807, 2.05) is 0 Å². The van der Waals surface area contributed by atoms with Crippen molar-refractivity contribution in [3.8, 4) is 0 Å². The summed E-state index contributed by atoms with van der Waals surface area (Å²) in [5, 5.41) is 10.8. The number of aliphatic carboxylic acids is 1. The van der Waals surface area contributed by atoms with Crippen molar-refractivity contribution >= 4 is 23.6 Å². The third-order valence-electron chi connectivity index (χ3n) is 2.10. The van der Waals surface area contributed by atoms with Gasteiger partial charge >= 0.3 is 5.97 Å². The maximum absolute atomic E-state index is 12.1. The number of alkyl halides is 2. The van der Waals surface area contributed by atoms with Gasteiger partial charge in [0.15, 0.2) is 0 Å². The van der Waals surface area contributed by atoms with Crippen molar-refractivity contribution in [2.75, 3.05) is 19.8 Å². The summed E-state index contributed by atoms with van der Waals surface area (Å²) in [6.07, 6.45) is 0. The van der Waals surface area contributed by atoms with Gasteiger partial charge in [0.05, 0.1) is 6.61 Å². The third-order valence-corrected chi connectivity index (χ3v) is 2.82. The van der Waals surface area contributed by atoms with Crippen molar-refractivity contribution in [1.29, 1.82) is 0 Å². The van der Waals surface area contributed by atoms with E-state index in [2.05, 4.69) is 5.32 Å². The summed E-state index contributed by atoms with van der Waals surface area (Å²) in [6, 6.07) is 5.76. The molecule has 0 spiro atoms. The van der Waals surface area contributed by atoms with Gasteiger partial charge in [-0.2, -0.15) is 8.78 Å². The van der Waals surface area contributed by atoms with Crippen molar-refractivity contribution < 1.29 is 28.2 Å². The fraction of sp³-hybridized carbons (Fsp3) is 0.333. The number of ether oxygens (including phenoxy) is 1. The number of carboxylic acid groups (broad SMARTS) is 1. The molecule has 8 heteroatoms. The van der Waals surface area contributed by atoms with E-state index in [9.17, 15) is 18.4 Å². The van der Waals surface area contributed by atoms with E-state index in [-0.39, 0.29) is 19.1 Å². The molecule has 0 fully saturated rings. The Bertz CT molecular complexity index is 453. The van der Waals surface area contributed by atoms with Crippen LogP contribution in [0.5, 0.6) is 0 Å². The number of halogens is 2. The zero-order chi connectivity index (χ0) is 15.0. The number of nitrogens with one attached hydrogen (secondary N) is 1. The van der Waals surface area contributed by atoms with Crippen LogP contribution in [0.15, 0.2) is 29.2 Å². The number of benzene rings is 1. The number of amides is 1. The minimum absolute atomic E-state index is 0.0807. The Kier molecular flexibility index (Phi) is 6.96. The van der Waals surface area contributed by atoms with Crippen LogP contribution in [-0.4, -0.2) is 42.5 Å². The van der Waals surface area contributed by atoms with E-state index in [1.165, 1.54) is 24.3 Å². The van der Waals surface area contributed by atoms with Crippen LogP contribution in [0, 0.1) is 0 Å². The van der Waals surface area contributed by atoms with E-state index < -0.39 is 18.3 Å². The summed E-state index contributed by atoms with van der Waals surface area (Å²) < 4.78 is 29.0. The minimum atomic E-state index is -2.50. The van der Waals surface area contributed by atoms with E-state index in [1.54, 1.807) is 0 Å². The van der Waals surface area contributed by atoms with Crippen LogP contribution in [0.1, 0.15) is 10.4 Å². The molecule has 0 saturated heterocycles. The Balaban J connectivity index is 2.34. The monoisotopic (exact) mass is 305 g/mol. The number of carbonyl (C=O) groups is 2. The van der Waals surface area contributed by atoms with Crippen LogP contribution >= 0.6 is 11.8 Å². The molecule has 0 aliphatic heterocycles. The lowest BCUT2D eigenvalue weighted by Gasteiger charge is -2.06. The zero-order valence-corrected chi connectivity index (χ0v) is 11.2. The van der Waals surface area contributed by atoms with E-state index >= 15 is 0 Å². The van der Waals surface area contributed by atoms with Crippen LogP contribution in [0.3, 0.4) is 0 Å². The number of rotatable bonds is 8. The molecule has 0 heterocycles. The van der Waals surface area contributed by atoms with Gasteiger partial charge in [-0.15, -0.1) is 0 Å². The number of carboxylic acids is 1. The van der Waals surface area contributed by atoms with Crippen molar-refractivity contribution in [3.05, 3.63) is 29.8 Å². The SMILES string of the molecule is O=C(O)COCCNC(=O)c1ccc(SC(F)F)cc1. The van der Waals surface area contributed by atoms with Gasteiger partial charge in [-0.1, -0.05) is 11.8 Å². The summed E-state index contributed by atoms with van der Waals surface area (Å²) >= 11 is 0.405. The highest BCUT2D eigenvalue weighted by Crippen LogP contribution is 2.24. The number of hydrogen-bond donors (Lipinski definition) is 2. The van der Waals surface area contributed by atoms with Gasteiger partial charge in [0.2, 0.25) is 0 Å². The second-order valence-corrected chi connectivity index (χ2v) is 4.67. The van der Waals surface area contributed by atoms with Crippen molar-refractivity contribution in [2.45, 2.75) is 10.7 Å². The van der Waals surface area contributed by atoms with E-state index in [0.29, 0.717) is 22.2 Å². The predicted octanol–water partition coefficient (Wildman–Crippen LogP) is 1.83. The highest BCUT2D eigenvalue weighted by molar-refractivity contribution is 7.99. The molecule has 0 bridgehead atoms. The first kappa shape index (κ1) is 16.4. The Morgan fingerprint density at radius 2 is 1.95 bits per heavy atom. The first-order valence-corrected chi connectivity index (χ1v) is 6.49. The van der Waals surface area contributed by atoms with Crippen LogP contribution in [-0.2, 0) is 9.53 Å². The van der Waals surface area contributed by atoms with Gasteiger partial charge in [0, 0.05) is 17.0 Å². The second-order valence-electron chi connectivity index (χ2n) is 3.61. The average molecular weight is 305 g/mol. The van der Waals surface area contributed by atoms with Gasteiger partial charge in [-0.3, -0.25) is 4.79 Å². The quantitative estimate of drug-likeness (QED) is 0.566. The standard InChI is InChI=1S/C12H13F2NO4S/c13-12(14)20-9-3-1-8(2-4-9)11(18)15-5-6-19-7-10(16)17/h1-4,12H,5-7H2,(H,15,18)(H,16,17). The fourth-order valence-corrected chi connectivity index (χ4v) is 1.78. The van der Waals surface area contributed by atoms with Crippen LogP contribution in [0.25, 0.3) is 0 Å². The summed E-state index contributed by atoms with van der Waals surface area (Å²) in [7, 11) is 0. The fourth-order valence-electron chi connectivity index (χ4n) is 1.29. The summed E-state index contributed by atoms with van der Waals surface area (Å²) in [5.74, 6) is -3.96. The average Bonchev–Trinajstić information content (AvgIpc) is 2.38. The molecule has 110 valence electrons. The largest absolute Gasteiger partial charge is 0.480 e. The molecular formula is C12H13F2NO4S. The number of thioether (sulfide) groups is 1. The van der Waals surface area contributed by atoms with Crippen molar-refractivity contribution in [3.63, 3.8) is 0 Å². The molecule has 1 aromatic rings. The number of carbonyl (C=O) groups excluding carboxylic acids is 1. The lowest BCUT2D eigenvalue weighted by atomic mass is 10.2. The van der Waals surface area contributed by atoms with Gasteiger partial charge in [0.25, 0.3) is 11.7 Å². The second kappa shape index (κ2) is 8.49. The van der Waals surface area contributed by atoms with Crippen molar-refractivity contribution in [1.82, 2.24) is 5.32 Å². The maximum Gasteiger partial charge on any atom is 0.329 e. The normalized spacial score (nSPS) is 10.6. The third kappa shape index (κ3) is 6.48. The van der Waals surface area contributed by atoms with E-state index in [4.69, 9.17) is 9.84 Å². The Morgan fingerprint density at radius 3 is 2.50 bits per heavy atom. The molecular weight excluding hydrogens is 292 g/mol.